The van der Waals surface area contributed by atoms with Crippen molar-refractivity contribution in [2.75, 3.05) is 11.5 Å². The minimum atomic E-state index is -0.0234. The van der Waals surface area contributed by atoms with E-state index < -0.39 is 0 Å². The Hall–Kier alpha value is -0.930. The fourth-order valence-corrected chi connectivity index (χ4v) is 6.92. The van der Waals surface area contributed by atoms with Crippen molar-refractivity contribution < 1.29 is 4.39 Å². The van der Waals surface area contributed by atoms with Crippen LogP contribution >= 0.6 is 23.5 Å². The van der Waals surface area contributed by atoms with Gasteiger partial charge >= 0.3 is 0 Å². The highest BCUT2D eigenvalue weighted by Gasteiger charge is 2.22. The summed E-state index contributed by atoms with van der Waals surface area (Å²) in [5, 5.41) is 0. The lowest BCUT2D eigenvalue weighted by Crippen LogP contribution is -2.18. The smallest absolute Gasteiger partial charge is 0.134 e. The number of hydrogen-bond donors (Lipinski definition) is 0. The van der Waals surface area contributed by atoms with E-state index in [1.165, 1.54) is 36.3 Å². The average Bonchev–Trinajstić information content (AvgIpc) is 2.72. The molecule has 0 amide bonds. The Kier molecular flexibility index (Phi) is 8.14. The average molecular weight is 403 g/mol. The van der Waals surface area contributed by atoms with Crippen LogP contribution in [0.3, 0.4) is 0 Å². The molecule has 1 aliphatic heterocycles. The van der Waals surface area contributed by atoms with Gasteiger partial charge in [-0.15, -0.1) is 23.5 Å². The molecule has 1 heterocycles. The summed E-state index contributed by atoms with van der Waals surface area (Å²) in [5.41, 5.74) is 3.80. The third-order valence-corrected chi connectivity index (χ3v) is 8.79. The predicted molar refractivity (Wildman–Crippen MR) is 121 cm³/mol. The first kappa shape index (κ1) is 20.8. The highest BCUT2D eigenvalue weighted by Crippen LogP contribution is 2.38. The summed E-state index contributed by atoms with van der Waals surface area (Å²) in [6.45, 7) is 4.35. The lowest BCUT2D eigenvalue weighted by Gasteiger charge is -2.28. The summed E-state index contributed by atoms with van der Waals surface area (Å²) in [6.07, 6.45) is 6.94. The van der Waals surface area contributed by atoms with Gasteiger partial charge in [0, 0.05) is 5.56 Å². The highest BCUT2D eigenvalue weighted by atomic mass is 32.2. The normalized spacial score (nSPS) is 20.0. The summed E-state index contributed by atoms with van der Waals surface area (Å²) in [4.78, 5) is 0. The van der Waals surface area contributed by atoms with Crippen LogP contribution in [0.25, 0.3) is 11.1 Å². The second kappa shape index (κ2) is 10.6. The minimum Gasteiger partial charge on any atom is -0.206 e. The molecule has 1 aliphatic rings. The van der Waals surface area contributed by atoms with E-state index in [2.05, 4.69) is 43.4 Å². The minimum absolute atomic E-state index is 0.0234. The molecule has 1 fully saturated rings. The SMILES string of the molecule is CCCCC1CSC(CCc2ccc(-c3ccccc3)c(F)c2CC)SC1. The molecule has 2 aromatic carbocycles. The van der Waals surface area contributed by atoms with Gasteiger partial charge in [0.2, 0.25) is 0 Å². The van der Waals surface area contributed by atoms with E-state index in [9.17, 15) is 0 Å². The zero-order valence-electron chi connectivity index (χ0n) is 16.5. The topological polar surface area (TPSA) is 0 Å². The Morgan fingerprint density at radius 3 is 2.37 bits per heavy atom. The van der Waals surface area contributed by atoms with Crippen molar-refractivity contribution in [1.29, 1.82) is 0 Å². The fraction of sp³-hybridized carbons (Fsp3) is 0.500. The summed E-state index contributed by atoms with van der Waals surface area (Å²) in [6, 6.07) is 14.0. The van der Waals surface area contributed by atoms with Gasteiger partial charge in [-0.1, -0.05) is 69.2 Å². The Bertz CT molecular complexity index is 706. The van der Waals surface area contributed by atoms with Crippen LogP contribution < -0.4 is 0 Å². The Labute approximate surface area is 172 Å². The number of benzene rings is 2. The first-order valence-corrected chi connectivity index (χ1v) is 12.4. The molecule has 0 atom stereocenters. The molecule has 0 aromatic heterocycles. The second-order valence-corrected chi connectivity index (χ2v) is 10.2. The van der Waals surface area contributed by atoms with Crippen molar-refractivity contribution in [2.24, 2.45) is 5.92 Å². The number of unbranched alkanes of at least 4 members (excludes halogenated alkanes) is 1. The third-order valence-electron chi connectivity index (χ3n) is 5.43. The van der Waals surface area contributed by atoms with Crippen LogP contribution in [0.15, 0.2) is 42.5 Å². The number of aryl methyl sites for hydroxylation is 1. The standard InChI is InChI=1S/C24H31FS2/c1-3-5-9-18-16-26-23(27-17-18)15-13-20-12-14-22(24(25)21(20)4-2)19-10-7-6-8-11-19/h6-8,10-12,14,18,23H,3-5,9,13,15-17H2,1-2H3. The van der Waals surface area contributed by atoms with Gasteiger partial charge in [-0.05, 0) is 59.8 Å². The van der Waals surface area contributed by atoms with Gasteiger partial charge in [-0.2, -0.15) is 0 Å². The van der Waals surface area contributed by atoms with Crippen LogP contribution in [0.1, 0.15) is 50.7 Å². The van der Waals surface area contributed by atoms with Crippen molar-refractivity contribution in [3.05, 3.63) is 59.4 Å². The van der Waals surface area contributed by atoms with Crippen molar-refractivity contribution in [2.45, 2.75) is 57.0 Å². The molecular formula is C24H31FS2. The van der Waals surface area contributed by atoms with E-state index in [4.69, 9.17) is 0 Å². The number of thioether (sulfide) groups is 2. The van der Waals surface area contributed by atoms with Gasteiger partial charge in [-0.25, -0.2) is 4.39 Å². The van der Waals surface area contributed by atoms with E-state index in [1.54, 1.807) is 0 Å². The Morgan fingerprint density at radius 1 is 0.963 bits per heavy atom. The number of halogens is 1. The van der Waals surface area contributed by atoms with Gasteiger partial charge in [0.15, 0.2) is 0 Å². The first-order chi connectivity index (χ1) is 13.2. The Balaban J connectivity index is 1.62. The quantitative estimate of drug-likeness (QED) is 0.446. The molecule has 146 valence electrons. The molecule has 3 heteroatoms. The molecule has 0 unspecified atom stereocenters. The molecule has 0 saturated carbocycles. The molecule has 0 spiro atoms. The second-order valence-electron chi connectivity index (χ2n) is 7.43. The van der Waals surface area contributed by atoms with Crippen molar-refractivity contribution in [3.63, 3.8) is 0 Å². The summed E-state index contributed by atoms with van der Waals surface area (Å²) < 4.78 is 15.8. The van der Waals surface area contributed by atoms with E-state index in [1.807, 2.05) is 36.4 Å². The van der Waals surface area contributed by atoms with Gasteiger partial charge in [-0.3, -0.25) is 0 Å². The predicted octanol–water partition coefficient (Wildman–Crippen LogP) is 7.60. The molecule has 27 heavy (non-hydrogen) atoms. The van der Waals surface area contributed by atoms with Gasteiger partial charge in [0.05, 0.1) is 4.58 Å². The van der Waals surface area contributed by atoms with Gasteiger partial charge in [0.1, 0.15) is 5.82 Å². The zero-order valence-corrected chi connectivity index (χ0v) is 18.2. The van der Waals surface area contributed by atoms with E-state index in [0.29, 0.717) is 4.58 Å². The van der Waals surface area contributed by atoms with Gasteiger partial charge < -0.3 is 0 Å². The molecule has 1 saturated heterocycles. The molecular weight excluding hydrogens is 371 g/mol. The van der Waals surface area contributed by atoms with Crippen LogP contribution in [-0.2, 0) is 12.8 Å². The summed E-state index contributed by atoms with van der Waals surface area (Å²) >= 11 is 4.26. The summed E-state index contributed by atoms with van der Waals surface area (Å²) in [5.74, 6) is 3.48. The van der Waals surface area contributed by atoms with E-state index in [-0.39, 0.29) is 5.82 Å². The molecule has 0 bridgehead atoms. The molecule has 0 nitrogen and oxygen atoms in total. The molecule has 0 aliphatic carbocycles. The van der Waals surface area contributed by atoms with E-state index in [0.717, 1.165) is 41.9 Å². The molecule has 3 rings (SSSR count). The van der Waals surface area contributed by atoms with Crippen LogP contribution in [0.5, 0.6) is 0 Å². The Morgan fingerprint density at radius 2 is 1.70 bits per heavy atom. The van der Waals surface area contributed by atoms with Crippen LogP contribution in [0.2, 0.25) is 0 Å². The van der Waals surface area contributed by atoms with Gasteiger partial charge in [0.25, 0.3) is 0 Å². The van der Waals surface area contributed by atoms with Crippen LogP contribution in [0, 0.1) is 11.7 Å². The lowest BCUT2D eigenvalue weighted by atomic mass is 9.94. The summed E-state index contributed by atoms with van der Waals surface area (Å²) in [7, 11) is 0. The van der Waals surface area contributed by atoms with Crippen molar-refractivity contribution in [3.8, 4) is 11.1 Å². The monoisotopic (exact) mass is 402 g/mol. The molecule has 2 aromatic rings. The van der Waals surface area contributed by atoms with Crippen LogP contribution in [-0.4, -0.2) is 16.1 Å². The highest BCUT2D eigenvalue weighted by molar-refractivity contribution is 8.17. The van der Waals surface area contributed by atoms with Crippen LogP contribution in [0.4, 0.5) is 4.39 Å². The number of hydrogen-bond acceptors (Lipinski definition) is 2. The van der Waals surface area contributed by atoms with Crippen molar-refractivity contribution >= 4 is 23.5 Å². The number of rotatable bonds is 8. The zero-order chi connectivity index (χ0) is 19.1. The fourth-order valence-electron chi connectivity index (χ4n) is 3.80. The maximum absolute atomic E-state index is 15.1. The largest absolute Gasteiger partial charge is 0.206 e. The third kappa shape index (κ3) is 5.54. The maximum Gasteiger partial charge on any atom is 0.134 e. The molecule has 0 radical (unpaired) electrons. The lowest BCUT2D eigenvalue weighted by molar-refractivity contribution is 0.561. The molecule has 0 N–H and O–H groups in total. The van der Waals surface area contributed by atoms with Crippen molar-refractivity contribution in [1.82, 2.24) is 0 Å². The maximum atomic E-state index is 15.1. The first-order valence-electron chi connectivity index (χ1n) is 10.3. The van der Waals surface area contributed by atoms with E-state index >= 15 is 4.39 Å².